The van der Waals surface area contributed by atoms with Crippen LogP contribution in [-0.4, -0.2) is 41.5 Å². The van der Waals surface area contributed by atoms with Crippen molar-refractivity contribution in [1.29, 1.82) is 0 Å². The van der Waals surface area contributed by atoms with Crippen molar-refractivity contribution in [2.24, 2.45) is 0 Å². The minimum atomic E-state index is -3.55. The van der Waals surface area contributed by atoms with E-state index in [2.05, 4.69) is 232 Å². The van der Waals surface area contributed by atoms with E-state index in [-0.39, 0.29) is 0 Å². The molecule has 5 aromatic heterocycles. The molecular formula is C56H37N7Si. The van der Waals surface area contributed by atoms with Gasteiger partial charge in [-0.25, -0.2) is 9.97 Å². The number of benzene rings is 8. The Hall–Kier alpha value is -8.46. The Morgan fingerprint density at radius 2 is 0.688 bits per heavy atom. The number of hydrogen-bond acceptors (Lipinski definition) is 4. The van der Waals surface area contributed by atoms with Gasteiger partial charge in [0.2, 0.25) is 5.95 Å². The molecule has 7 nitrogen and oxygen atoms in total. The number of hydrogen-bond donors (Lipinski definition) is 0. The highest BCUT2D eigenvalue weighted by Gasteiger charge is 2.48. The van der Waals surface area contributed by atoms with Gasteiger partial charge in [-0.05, 0) is 58.9 Å². The van der Waals surface area contributed by atoms with Gasteiger partial charge in [-0.2, -0.15) is 9.97 Å². The fraction of sp³-hybridized carbons (Fsp3) is 0. The predicted molar refractivity (Wildman–Crippen MR) is 264 cm³/mol. The molecule has 0 saturated carbocycles. The molecular weight excluding hydrogens is 799 g/mol. The first kappa shape index (κ1) is 36.2. The topological polar surface area (TPSA) is 66.3 Å². The fourth-order valence-electron chi connectivity index (χ4n) is 10.1. The van der Waals surface area contributed by atoms with Crippen molar-refractivity contribution >= 4 is 89.5 Å². The molecule has 0 aliphatic rings. The van der Waals surface area contributed by atoms with E-state index in [4.69, 9.17) is 19.9 Å². The number of para-hydroxylation sites is 6. The zero-order valence-electron chi connectivity index (χ0n) is 34.5. The molecule has 0 aliphatic carbocycles. The molecule has 5 heterocycles. The van der Waals surface area contributed by atoms with Gasteiger partial charge in [0, 0.05) is 43.4 Å². The normalized spacial score (nSPS) is 12.1. The van der Waals surface area contributed by atoms with Crippen molar-refractivity contribution in [2.75, 3.05) is 0 Å². The van der Waals surface area contributed by atoms with Gasteiger partial charge in [-0.1, -0.05) is 176 Å². The summed E-state index contributed by atoms with van der Waals surface area (Å²) in [4.78, 5) is 22.5. The largest absolute Gasteiger partial charge is 0.353 e. The van der Waals surface area contributed by atoms with Crippen molar-refractivity contribution in [3.05, 3.63) is 224 Å². The highest BCUT2D eigenvalue weighted by molar-refractivity contribution is 7.10. The van der Waals surface area contributed by atoms with E-state index in [1.165, 1.54) is 21.5 Å². The number of fused-ring (bicyclic) bond motifs is 9. The van der Waals surface area contributed by atoms with Gasteiger partial charge in [0.05, 0.1) is 22.1 Å². The summed E-state index contributed by atoms with van der Waals surface area (Å²) in [5, 5.41) is 9.26. The molecule has 0 radical (unpaired) electrons. The van der Waals surface area contributed by atoms with Gasteiger partial charge < -0.3 is 4.23 Å². The molecule has 8 aromatic carbocycles. The molecule has 64 heavy (non-hydrogen) atoms. The first-order valence-electron chi connectivity index (χ1n) is 21.6. The quantitative estimate of drug-likeness (QED) is 0.150. The minimum absolute atomic E-state index is 0.494. The lowest BCUT2D eigenvalue weighted by atomic mass is 10.2. The van der Waals surface area contributed by atoms with E-state index in [0.717, 1.165) is 60.1 Å². The summed E-state index contributed by atoms with van der Waals surface area (Å²) in [7, 11) is -3.55. The van der Waals surface area contributed by atoms with Crippen LogP contribution >= 0.6 is 0 Å². The maximum atomic E-state index is 5.80. The Bertz CT molecular complexity index is 3730. The van der Waals surface area contributed by atoms with E-state index in [0.29, 0.717) is 22.9 Å². The van der Waals surface area contributed by atoms with Gasteiger partial charge in [0.1, 0.15) is 17.0 Å². The molecule has 0 spiro atoms. The lowest BCUT2D eigenvalue weighted by Crippen LogP contribution is -2.74. The Balaban J connectivity index is 1.19. The number of aromatic nitrogens is 7. The van der Waals surface area contributed by atoms with E-state index in [1.807, 2.05) is 6.07 Å². The molecule has 0 aliphatic heterocycles. The van der Waals surface area contributed by atoms with Gasteiger partial charge in [-0.15, -0.1) is 0 Å². The smallest absolute Gasteiger partial charge is 0.300 e. The molecule has 300 valence electrons. The molecule has 0 amide bonds. The summed E-state index contributed by atoms with van der Waals surface area (Å²) in [5.41, 5.74) is 7.79. The molecule has 13 rings (SSSR count). The van der Waals surface area contributed by atoms with Crippen LogP contribution in [0.15, 0.2) is 224 Å². The maximum Gasteiger partial charge on any atom is 0.300 e. The monoisotopic (exact) mass is 835 g/mol. The second-order valence-corrected chi connectivity index (χ2v) is 19.7. The molecule has 0 fully saturated rings. The molecule has 0 bridgehead atoms. The summed E-state index contributed by atoms with van der Waals surface area (Å²) in [6, 6.07) is 79.5. The molecule has 0 unspecified atom stereocenters. The third-order valence-corrected chi connectivity index (χ3v) is 17.2. The minimum Gasteiger partial charge on any atom is -0.353 e. The fourth-order valence-corrected chi connectivity index (χ4v) is 14.7. The van der Waals surface area contributed by atoms with Crippen molar-refractivity contribution in [3.63, 3.8) is 0 Å². The molecule has 0 atom stereocenters. The van der Waals surface area contributed by atoms with Crippen LogP contribution in [0, 0.1) is 0 Å². The van der Waals surface area contributed by atoms with Crippen LogP contribution in [0.1, 0.15) is 0 Å². The van der Waals surface area contributed by atoms with Crippen molar-refractivity contribution in [3.8, 4) is 23.3 Å². The number of rotatable bonds is 7. The molecule has 13 aromatic rings. The number of pyridine rings is 1. The van der Waals surface area contributed by atoms with E-state index >= 15 is 0 Å². The SMILES string of the molecule is c1ccc([Si](c2ccccc2)(c2nc(-c3cccc(-n4c5ccccc5c5ccccc54)n3)nc(-n3c4ccccc4c4ccccc43)n2)n2c3ccccc3c3ccccc32)cc1. The van der Waals surface area contributed by atoms with Crippen LogP contribution < -0.4 is 15.8 Å². The van der Waals surface area contributed by atoms with Crippen LogP contribution in [0.25, 0.3) is 88.7 Å². The van der Waals surface area contributed by atoms with Crippen LogP contribution in [0.3, 0.4) is 0 Å². The molecule has 0 saturated heterocycles. The zero-order chi connectivity index (χ0) is 42.2. The highest BCUT2D eigenvalue weighted by atomic mass is 28.3. The highest BCUT2D eigenvalue weighted by Crippen LogP contribution is 2.35. The van der Waals surface area contributed by atoms with Crippen LogP contribution in [0.5, 0.6) is 0 Å². The standard InChI is InChI=1S/C56H37N7Si/c1-3-20-38(21-4-1)64(39-22-5-2-6-23-39,63-51-35-17-11-28-44(51)45-29-12-18-36-52(45)63)56-59-54(58-55(60-56)62-49-33-15-9-26-42(49)43-27-10-16-34-50(43)62)46-30-19-37-53(57-46)61-47-31-13-7-24-40(47)41-25-8-14-32-48(41)61/h1-37H. The average Bonchev–Trinajstić information content (AvgIpc) is 4.01. The lowest BCUT2D eigenvalue weighted by molar-refractivity contribution is 0.954. The Kier molecular flexibility index (Phi) is 8.09. The second kappa shape index (κ2) is 14.3. The first-order valence-corrected chi connectivity index (χ1v) is 23.5. The second-order valence-electron chi connectivity index (χ2n) is 16.2. The third kappa shape index (κ3) is 5.26. The van der Waals surface area contributed by atoms with Gasteiger partial charge >= 0.3 is 8.24 Å². The Morgan fingerprint density at radius 3 is 1.16 bits per heavy atom. The van der Waals surface area contributed by atoms with Gasteiger partial charge in [0.15, 0.2) is 5.82 Å². The summed E-state index contributed by atoms with van der Waals surface area (Å²) in [6.45, 7) is 0. The summed E-state index contributed by atoms with van der Waals surface area (Å²) in [6.07, 6.45) is 0. The van der Waals surface area contributed by atoms with Crippen molar-refractivity contribution < 1.29 is 0 Å². The molecule has 0 N–H and O–H groups in total. The Labute approximate surface area is 368 Å². The maximum absolute atomic E-state index is 5.80. The lowest BCUT2D eigenvalue weighted by Gasteiger charge is -2.34. The summed E-state index contributed by atoms with van der Waals surface area (Å²) >= 11 is 0. The van der Waals surface area contributed by atoms with Crippen LogP contribution in [-0.2, 0) is 0 Å². The van der Waals surface area contributed by atoms with Crippen LogP contribution in [0.4, 0.5) is 0 Å². The third-order valence-electron chi connectivity index (χ3n) is 12.8. The van der Waals surface area contributed by atoms with E-state index in [9.17, 15) is 0 Å². The van der Waals surface area contributed by atoms with Gasteiger partial charge in [-0.3, -0.25) is 9.13 Å². The van der Waals surface area contributed by atoms with Crippen molar-refractivity contribution in [1.82, 2.24) is 33.3 Å². The van der Waals surface area contributed by atoms with E-state index in [1.54, 1.807) is 0 Å². The molecule has 8 heteroatoms. The zero-order valence-corrected chi connectivity index (χ0v) is 35.5. The first-order chi connectivity index (χ1) is 31.8. The van der Waals surface area contributed by atoms with E-state index < -0.39 is 8.24 Å². The Morgan fingerprint density at radius 1 is 0.297 bits per heavy atom. The van der Waals surface area contributed by atoms with Crippen LogP contribution in [0.2, 0.25) is 0 Å². The summed E-state index contributed by atoms with van der Waals surface area (Å²) in [5.74, 6) is 1.81. The summed E-state index contributed by atoms with van der Waals surface area (Å²) < 4.78 is 7.03. The average molecular weight is 836 g/mol. The van der Waals surface area contributed by atoms with Gasteiger partial charge in [0.25, 0.3) is 0 Å². The predicted octanol–water partition coefficient (Wildman–Crippen LogP) is 10.8. The number of nitrogens with zero attached hydrogens (tertiary/aromatic N) is 7. The van der Waals surface area contributed by atoms with Crippen molar-refractivity contribution in [2.45, 2.75) is 0 Å².